The van der Waals surface area contributed by atoms with Crippen molar-refractivity contribution in [3.8, 4) is 10.6 Å². The van der Waals surface area contributed by atoms with Gasteiger partial charge in [-0.05, 0) is 36.6 Å². The van der Waals surface area contributed by atoms with Crippen LogP contribution in [0.1, 0.15) is 12.6 Å². The van der Waals surface area contributed by atoms with Gasteiger partial charge in [-0.1, -0.05) is 17.7 Å². The molecule has 0 radical (unpaired) electrons. The normalized spacial score (nSPS) is 11.8. The summed E-state index contributed by atoms with van der Waals surface area (Å²) in [5, 5.41) is 9.84. The molecule has 0 saturated heterocycles. The number of halogens is 1. The molecule has 0 saturated carbocycles. The molecule has 0 aliphatic rings. The molecule has 134 valence electrons. The summed E-state index contributed by atoms with van der Waals surface area (Å²) in [6.45, 7) is 1.52. The molecule has 1 N–H and O–H groups in total. The molecular formula is C18H15ClN2O3S2. The highest BCUT2D eigenvalue weighted by Gasteiger charge is 2.19. The molecule has 1 amide bonds. The van der Waals surface area contributed by atoms with E-state index in [4.69, 9.17) is 16.3 Å². The SMILES string of the molecule is C[C@@H](OC(=O)Cc1csc(-c2ccsc2)n1)C(=O)Nc1cccc(Cl)c1. The van der Waals surface area contributed by atoms with E-state index in [1.807, 2.05) is 22.2 Å². The minimum Gasteiger partial charge on any atom is -0.452 e. The Hall–Kier alpha value is -2.22. The zero-order valence-electron chi connectivity index (χ0n) is 13.8. The summed E-state index contributed by atoms with van der Waals surface area (Å²) >= 11 is 8.95. The van der Waals surface area contributed by atoms with Gasteiger partial charge < -0.3 is 10.1 Å². The molecule has 2 heterocycles. The van der Waals surface area contributed by atoms with Gasteiger partial charge in [0.25, 0.3) is 5.91 Å². The molecule has 0 bridgehead atoms. The average Bonchev–Trinajstić information content (AvgIpc) is 3.25. The number of benzene rings is 1. The number of thiophene rings is 1. The minimum absolute atomic E-state index is 0.0232. The van der Waals surface area contributed by atoms with Crippen molar-refractivity contribution in [3.63, 3.8) is 0 Å². The predicted octanol–water partition coefficient (Wildman–Crippen LogP) is 4.64. The standard InChI is InChI=1S/C18H15ClN2O3S2/c1-11(17(23)20-14-4-2-3-13(19)7-14)24-16(22)8-15-10-26-18(21-15)12-5-6-25-9-12/h2-7,9-11H,8H2,1H3,(H,20,23)/t11-/m1/s1. The number of aromatic nitrogens is 1. The van der Waals surface area contributed by atoms with Crippen LogP contribution in [0.5, 0.6) is 0 Å². The maximum Gasteiger partial charge on any atom is 0.312 e. The second-order valence-corrected chi connectivity index (χ2v) is 7.54. The Morgan fingerprint density at radius 1 is 1.31 bits per heavy atom. The second kappa shape index (κ2) is 8.44. The number of hydrogen-bond acceptors (Lipinski definition) is 6. The molecule has 8 heteroatoms. The molecule has 3 aromatic rings. The minimum atomic E-state index is -0.920. The summed E-state index contributed by atoms with van der Waals surface area (Å²) in [6.07, 6.45) is -0.897. The molecule has 0 spiro atoms. The third kappa shape index (κ3) is 4.91. The van der Waals surface area contributed by atoms with Crippen molar-refractivity contribution in [1.82, 2.24) is 4.98 Å². The summed E-state index contributed by atoms with van der Waals surface area (Å²) < 4.78 is 5.20. The first-order valence-electron chi connectivity index (χ1n) is 7.74. The Bertz CT molecular complexity index is 909. The highest BCUT2D eigenvalue weighted by Crippen LogP contribution is 2.26. The number of esters is 1. The van der Waals surface area contributed by atoms with Crippen LogP contribution in [-0.2, 0) is 20.7 Å². The molecule has 0 aliphatic carbocycles. The molecule has 5 nitrogen and oxygen atoms in total. The number of nitrogens with one attached hydrogen (secondary N) is 1. The van der Waals surface area contributed by atoms with Gasteiger partial charge in [0.2, 0.25) is 0 Å². The number of carbonyl (C=O) groups is 2. The Labute approximate surface area is 163 Å². The molecule has 1 atom stereocenters. The molecule has 0 aliphatic heterocycles. The summed E-state index contributed by atoms with van der Waals surface area (Å²) in [4.78, 5) is 28.6. The van der Waals surface area contributed by atoms with Gasteiger partial charge in [-0.2, -0.15) is 11.3 Å². The molecular weight excluding hydrogens is 392 g/mol. The zero-order valence-corrected chi connectivity index (χ0v) is 16.2. The first-order valence-corrected chi connectivity index (χ1v) is 9.94. The topological polar surface area (TPSA) is 68.3 Å². The van der Waals surface area contributed by atoms with Crippen molar-refractivity contribution in [2.24, 2.45) is 0 Å². The monoisotopic (exact) mass is 406 g/mol. The Morgan fingerprint density at radius 3 is 2.88 bits per heavy atom. The Balaban J connectivity index is 1.53. The average molecular weight is 407 g/mol. The van der Waals surface area contributed by atoms with Crippen LogP contribution in [0.2, 0.25) is 5.02 Å². The number of thiazole rings is 1. The number of rotatable bonds is 6. The van der Waals surface area contributed by atoms with Crippen molar-refractivity contribution in [1.29, 1.82) is 0 Å². The van der Waals surface area contributed by atoms with E-state index in [2.05, 4.69) is 10.3 Å². The summed E-state index contributed by atoms with van der Waals surface area (Å²) in [6, 6.07) is 8.74. The predicted molar refractivity (Wildman–Crippen MR) is 105 cm³/mol. The number of hydrogen-bond donors (Lipinski definition) is 1. The number of carbonyl (C=O) groups excluding carboxylic acids is 2. The van der Waals surface area contributed by atoms with E-state index >= 15 is 0 Å². The fourth-order valence-electron chi connectivity index (χ4n) is 2.16. The van der Waals surface area contributed by atoms with Gasteiger partial charge >= 0.3 is 5.97 Å². The lowest BCUT2D eigenvalue weighted by Gasteiger charge is -2.13. The van der Waals surface area contributed by atoms with Gasteiger partial charge in [-0.3, -0.25) is 9.59 Å². The number of anilines is 1. The van der Waals surface area contributed by atoms with E-state index in [0.29, 0.717) is 16.4 Å². The van der Waals surface area contributed by atoms with Crippen LogP contribution >= 0.6 is 34.3 Å². The van der Waals surface area contributed by atoms with E-state index in [1.54, 1.807) is 35.6 Å². The highest BCUT2D eigenvalue weighted by molar-refractivity contribution is 7.14. The van der Waals surface area contributed by atoms with Crippen LogP contribution < -0.4 is 5.32 Å². The fourth-order valence-corrected chi connectivity index (χ4v) is 3.88. The Morgan fingerprint density at radius 2 is 2.15 bits per heavy atom. The summed E-state index contributed by atoms with van der Waals surface area (Å²) in [5.74, 6) is -0.918. The van der Waals surface area contributed by atoms with Crippen molar-refractivity contribution >= 4 is 51.8 Å². The molecule has 3 rings (SSSR count). The first-order chi connectivity index (χ1) is 12.5. The van der Waals surface area contributed by atoms with Gasteiger partial charge in [0.1, 0.15) is 5.01 Å². The lowest BCUT2D eigenvalue weighted by atomic mass is 10.3. The number of ether oxygens (including phenoxy) is 1. The Kier molecular flexibility index (Phi) is 6.03. The third-order valence-corrected chi connectivity index (χ3v) is 5.27. The van der Waals surface area contributed by atoms with Crippen LogP contribution in [0.4, 0.5) is 5.69 Å². The molecule has 1 aromatic carbocycles. The van der Waals surface area contributed by atoms with E-state index in [-0.39, 0.29) is 6.42 Å². The van der Waals surface area contributed by atoms with Crippen molar-refractivity contribution in [3.05, 3.63) is 57.2 Å². The fraction of sp³-hybridized carbons (Fsp3) is 0.167. The van der Waals surface area contributed by atoms with Crippen molar-refractivity contribution in [2.75, 3.05) is 5.32 Å². The third-order valence-electron chi connectivity index (χ3n) is 3.41. The second-order valence-electron chi connectivity index (χ2n) is 5.46. The number of nitrogens with zero attached hydrogens (tertiary/aromatic N) is 1. The smallest absolute Gasteiger partial charge is 0.312 e. The van der Waals surface area contributed by atoms with Gasteiger partial charge in [-0.25, -0.2) is 4.98 Å². The lowest BCUT2D eigenvalue weighted by molar-refractivity contribution is -0.152. The van der Waals surface area contributed by atoms with Gasteiger partial charge in [0, 0.05) is 27.0 Å². The van der Waals surface area contributed by atoms with Crippen LogP contribution in [0.15, 0.2) is 46.5 Å². The van der Waals surface area contributed by atoms with Gasteiger partial charge in [0.05, 0.1) is 12.1 Å². The lowest BCUT2D eigenvalue weighted by Crippen LogP contribution is -2.30. The van der Waals surface area contributed by atoms with E-state index in [1.165, 1.54) is 18.3 Å². The maximum atomic E-state index is 12.1. The molecule has 2 aromatic heterocycles. The van der Waals surface area contributed by atoms with Crippen LogP contribution in [-0.4, -0.2) is 23.0 Å². The van der Waals surface area contributed by atoms with E-state index < -0.39 is 18.0 Å². The van der Waals surface area contributed by atoms with Crippen molar-refractivity contribution < 1.29 is 14.3 Å². The molecule has 0 fully saturated rings. The highest BCUT2D eigenvalue weighted by atomic mass is 35.5. The summed E-state index contributed by atoms with van der Waals surface area (Å²) in [5.41, 5.74) is 2.21. The summed E-state index contributed by atoms with van der Waals surface area (Å²) in [7, 11) is 0. The van der Waals surface area contributed by atoms with E-state index in [0.717, 1.165) is 10.6 Å². The quantitative estimate of drug-likeness (QED) is 0.605. The van der Waals surface area contributed by atoms with Crippen LogP contribution in [0.25, 0.3) is 10.6 Å². The van der Waals surface area contributed by atoms with Gasteiger partial charge in [-0.15, -0.1) is 11.3 Å². The largest absolute Gasteiger partial charge is 0.452 e. The van der Waals surface area contributed by atoms with Crippen LogP contribution in [0, 0.1) is 0 Å². The number of amides is 1. The first kappa shape index (κ1) is 18.6. The van der Waals surface area contributed by atoms with Crippen molar-refractivity contribution in [2.45, 2.75) is 19.4 Å². The van der Waals surface area contributed by atoms with Gasteiger partial charge in [0.15, 0.2) is 6.10 Å². The molecule has 0 unspecified atom stereocenters. The molecule has 26 heavy (non-hydrogen) atoms. The maximum absolute atomic E-state index is 12.1. The van der Waals surface area contributed by atoms with Crippen LogP contribution in [0.3, 0.4) is 0 Å². The zero-order chi connectivity index (χ0) is 18.5. The van der Waals surface area contributed by atoms with E-state index in [9.17, 15) is 9.59 Å².